The van der Waals surface area contributed by atoms with Crippen LogP contribution in [0.5, 0.6) is 0 Å². The highest BCUT2D eigenvalue weighted by atomic mass is 19.4. The number of halogens is 21. The van der Waals surface area contributed by atoms with Crippen LogP contribution in [0, 0.1) is 0 Å². The zero-order valence-electron chi connectivity index (χ0n) is 17.6. The lowest BCUT2D eigenvalue weighted by molar-refractivity contribution is -0.474. The molecule has 0 aliphatic rings. The molecule has 0 radical (unpaired) electrons. The molecule has 0 saturated heterocycles. The van der Waals surface area contributed by atoms with Crippen LogP contribution in [0.3, 0.4) is 0 Å². The number of alkyl halides is 21. The molecule has 230 valence electrons. The summed E-state index contributed by atoms with van der Waals surface area (Å²) < 4.78 is 277. The molecular formula is C16H13F21O. The smallest absolute Gasteiger partial charge is 0.396 e. The van der Waals surface area contributed by atoms with Gasteiger partial charge in [-0.15, -0.1) is 0 Å². The highest BCUT2D eigenvalue weighted by Gasteiger charge is 2.97. The largest absolute Gasteiger partial charge is 0.460 e. The van der Waals surface area contributed by atoms with Crippen molar-refractivity contribution in [3.8, 4) is 0 Å². The lowest BCUT2D eigenvalue weighted by Crippen LogP contribution is -2.76. The van der Waals surface area contributed by atoms with E-state index in [1.807, 2.05) is 0 Å². The molecule has 0 fully saturated rings. The Morgan fingerprint density at radius 3 is 0.868 bits per heavy atom. The molecule has 0 atom stereocenters. The number of hydrogen-bond acceptors (Lipinski definition) is 1. The molecule has 0 amide bonds. The third kappa shape index (κ3) is 5.05. The Balaban J connectivity index is 6.70. The van der Waals surface area contributed by atoms with Gasteiger partial charge in [-0.05, 0) is 12.8 Å². The van der Waals surface area contributed by atoms with Crippen LogP contribution in [0.2, 0.25) is 0 Å². The van der Waals surface area contributed by atoms with E-state index < -0.39 is 85.3 Å². The summed E-state index contributed by atoms with van der Waals surface area (Å²) >= 11 is 0. The molecule has 0 saturated carbocycles. The second kappa shape index (κ2) is 10.2. The summed E-state index contributed by atoms with van der Waals surface area (Å²) in [5.74, 6) is -76.5. The fourth-order valence-corrected chi connectivity index (χ4v) is 2.56. The second-order valence-corrected chi connectivity index (χ2v) is 7.69. The minimum Gasteiger partial charge on any atom is -0.396 e. The molecule has 0 heterocycles. The van der Waals surface area contributed by atoms with Crippen molar-refractivity contribution >= 4 is 0 Å². The van der Waals surface area contributed by atoms with Crippen molar-refractivity contribution in [2.75, 3.05) is 6.61 Å². The third-order valence-corrected chi connectivity index (χ3v) is 4.97. The molecule has 22 heteroatoms. The normalized spacial score (nSPS) is 16.3. The summed E-state index contributed by atoms with van der Waals surface area (Å²) in [4.78, 5) is 0. The van der Waals surface area contributed by atoms with Gasteiger partial charge in [-0.2, -0.15) is 92.2 Å². The molecule has 0 rings (SSSR count). The maximum Gasteiger partial charge on any atom is 0.460 e. The van der Waals surface area contributed by atoms with Crippen molar-refractivity contribution in [2.24, 2.45) is 0 Å². The highest BCUT2D eigenvalue weighted by molar-refractivity contribution is 5.17. The second-order valence-electron chi connectivity index (χ2n) is 7.69. The Morgan fingerprint density at radius 2 is 0.579 bits per heavy atom. The van der Waals surface area contributed by atoms with Gasteiger partial charge in [0.05, 0.1) is 0 Å². The fraction of sp³-hybridized carbons (Fsp3) is 1.00. The summed E-state index contributed by atoms with van der Waals surface area (Å²) in [5.41, 5.74) is 0. The fourth-order valence-electron chi connectivity index (χ4n) is 2.56. The topological polar surface area (TPSA) is 20.2 Å². The van der Waals surface area contributed by atoms with Gasteiger partial charge in [0.15, 0.2) is 0 Å². The van der Waals surface area contributed by atoms with E-state index in [9.17, 15) is 92.2 Å². The number of unbranched alkanes of at least 4 members (excludes halogenated alkanes) is 3. The zero-order chi connectivity index (χ0) is 31.2. The van der Waals surface area contributed by atoms with Gasteiger partial charge in [0.25, 0.3) is 0 Å². The van der Waals surface area contributed by atoms with Crippen molar-refractivity contribution in [1.82, 2.24) is 0 Å². The quantitative estimate of drug-likeness (QED) is 0.153. The monoisotopic (exact) mass is 620 g/mol. The van der Waals surface area contributed by atoms with Gasteiger partial charge in [0.1, 0.15) is 0 Å². The van der Waals surface area contributed by atoms with Crippen molar-refractivity contribution in [2.45, 2.75) is 91.6 Å². The van der Waals surface area contributed by atoms with Gasteiger partial charge >= 0.3 is 59.5 Å². The van der Waals surface area contributed by atoms with Crippen LogP contribution in [-0.2, 0) is 0 Å². The maximum absolute atomic E-state index is 13.7. The lowest BCUT2D eigenvalue weighted by Gasteiger charge is -2.44. The predicted molar refractivity (Wildman–Crippen MR) is 80.7 cm³/mol. The molecule has 0 unspecified atom stereocenters. The number of hydrogen-bond donors (Lipinski definition) is 1. The molecule has 0 aliphatic carbocycles. The first-order chi connectivity index (χ1) is 16.3. The summed E-state index contributed by atoms with van der Waals surface area (Å²) in [7, 11) is 0. The van der Waals surface area contributed by atoms with E-state index in [1.54, 1.807) is 0 Å². The SMILES string of the molecule is OCCCCCCC(F)(F)C(F)(F)C(F)(F)C(F)(F)C(F)(F)C(F)(F)C(F)(F)C(F)(F)C(F)(F)C(F)(F)F. The van der Waals surface area contributed by atoms with Crippen molar-refractivity contribution in [3.05, 3.63) is 0 Å². The summed E-state index contributed by atoms with van der Waals surface area (Å²) in [6.07, 6.45) is -13.0. The summed E-state index contributed by atoms with van der Waals surface area (Å²) in [6, 6.07) is 0. The van der Waals surface area contributed by atoms with Crippen LogP contribution in [0.1, 0.15) is 32.1 Å². The Bertz CT molecular complexity index is 796. The first-order valence-electron chi connectivity index (χ1n) is 9.39. The first-order valence-corrected chi connectivity index (χ1v) is 9.39. The van der Waals surface area contributed by atoms with E-state index in [2.05, 4.69) is 0 Å². The van der Waals surface area contributed by atoms with Crippen molar-refractivity contribution < 1.29 is 97.3 Å². The van der Waals surface area contributed by atoms with Gasteiger partial charge < -0.3 is 5.11 Å². The standard InChI is InChI=1S/C16H13F21O/c17-7(18,5-3-1-2-4-6-38)8(19,20)9(21,22)10(23,24)11(25,26)12(27,28)13(29,30)14(31,32)15(33,34)16(35,36)37/h38H,1-6H2. The molecule has 1 N–H and O–H groups in total. The van der Waals surface area contributed by atoms with Crippen LogP contribution in [0.25, 0.3) is 0 Å². The maximum atomic E-state index is 13.7. The summed E-state index contributed by atoms with van der Waals surface area (Å²) in [5, 5.41) is 8.40. The number of rotatable bonds is 14. The van der Waals surface area contributed by atoms with E-state index in [0.29, 0.717) is 0 Å². The minimum atomic E-state index is -9.15. The van der Waals surface area contributed by atoms with Gasteiger partial charge in [0, 0.05) is 13.0 Å². The van der Waals surface area contributed by atoms with Gasteiger partial charge in [-0.1, -0.05) is 12.8 Å². The van der Waals surface area contributed by atoms with Crippen LogP contribution < -0.4 is 0 Å². The van der Waals surface area contributed by atoms with Crippen molar-refractivity contribution in [1.29, 1.82) is 0 Å². The van der Waals surface area contributed by atoms with Gasteiger partial charge in [0.2, 0.25) is 0 Å². The number of aliphatic hydroxyl groups is 1. The van der Waals surface area contributed by atoms with E-state index >= 15 is 0 Å². The minimum absolute atomic E-state index is 0.205. The Kier molecular flexibility index (Phi) is 9.75. The molecule has 38 heavy (non-hydrogen) atoms. The van der Waals surface area contributed by atoms with Gasteiger partial charge in [-0.3, -0.25) is 0 Å². The Morgan fingerprint density at radius 1 is 0.316 bits per heavy atom. The van der Waals surface area contributed by atoms with Crippen LogP contribution in [0.15, 0.2) is 0 Å². The van der Waals surface area contributed by atoms with E-state index in [4.69, 9.17) is 5.11 Å². The molecule has 0 spiro atoms. The van der Waals surface area contributed by atoms with E-state index in [1.165, 1.54) is 0 Å². The number of aliphatic hydroxyl groups excluding tert-OH is 1. The molecule has 0 bridgehead atoms. The Hall–Kier alpha value is -1.51. The van der Waals surface area contributed by atoms with Crippen LogP contribution in [-0.4, -0.2) is 71.2 Å². The molecule has 0 aromatic heterocycles. The third-order valence-electron chi connectivity index (χ3n) is 4.97. The van der Waals surface area contributed by atoms with E-state index in [0.717, 1.165) is 0 Å². The van der Waals surface area contributed by atoms with Crippen molar-refractivity contribution in [3.63, 3.8) is 0 Å². The zero-order valence-corrected chi connectivity index (χ0v) is 17.6. The van der Waals surface area contributed by atoms with Crippen LogP contribution in [0.4, 0.5) is 92.2 Å². The Labute approximate surface area is 196 Å². The molecule has 0 aliphatic heterocycles. The molecule has 0 aromatic carbocycles. The van der Waals surface area contributed by atoms with E-state index in [-0.39, 0.29) is 12.8 Å². The van der Waals surface area contributed by atoms with Gasteiger partial charge in [-0.25, -0.2) is 0 Å². The average Bonchev–Trinajstić information content (AvgIpc) is 2.71. The molecule has 0 aromatic rings. The predicted octanol–water partition coefficient (Wildman–Crippen LogP) is 8.21. The first kappa shape index (κ1) is 36.5. The lowest BCUT2D eigenvalue weighted by atomic mass is 9.85. The van der Waals surface area contributed by atoms with Crippen LogP contribution >= 0.6 is 0 Å². The average molecular weight is 620 g/mol. The summed E-state index contributed by atoms with van der Waals surface area (Å²) in [6.45, 7) is -0.612. The molecular weight excluding hydrogens is 607 g/mol. The highest BCUT2D eigenvalue weighted by Crippen LogP contribution is 2.66. The molecule has 1 nitrogen and oxygen atoms in total.